The third-order valence-electron chi connectivity index (χ3n) is 2.10. The number of carbonyl (C=O) groups is 1. The van der Waals surface area contributed by atoms with Crippen molar-refractivity contribution in [3.05, 3.63) is 35.0 Å². The quantitative estimate of drug-likeness (QED) is 0.793. The maximum absolute atomic E-state index is 13.4. The maximum Gasteiger partial charge on any atom is 0.308 e. The summed E-state index contributed by atoms with van der Waals surface area (Å²) < 4.78 is 13.4. The molecule has 94 valence electrons. The van der Waals surface area contributed by atoms with Crippen molar-refractivity contribution in [1.29, 1.82) is 0 Å². The van der Waals surface area contributed by atoms with Crippen LogP contribution < -0.4 is 5.32 Å². The van der Waals surface area contributed by atoms with Gasteiger partial charge in [-0.05, 0) is 12.1 Å². The highest BCUT2D eigenvalue weighted by molar-refractivity contribution is 7.16. The molecule has 0 aliphatic carbocycles. The Bertz CT molecular complexity index is 585. The van der Waals surface area contributed by atoms with Gasteiger partial charge in [0.05, 0.1) is 17.0 Å². The first-order valence-corrected chi connectivity index (χ1v) is 5.80. The molecule has 1 heterocycles. The van der Waals surface area contributed by atoms with E-state index in [0.29, 0.717) is 0 Å². The molecule has 2 aromatic rings. The Morgan fingerprint density at radius 1 is 1.44 bits per heavy atom. The molecular weight excluding hydrogens is 259 g/mol. The van der Waals surface area contributed by atoms with Crippen molar-refractivity contribution in [3.8, 4) is 5.88 Å². The average molecular weight is 268 g/mol. The second-order valence-corrected chi connectivity index (χ2v) is 4.52. The average Bonchev–Trinajstić information content (AvgIpc) is 2.62. The van der Waals surface area contributed by atoms with Gasteiger partial charge in [-0.3, -0.25) is 4.79 Å². The fourth-order valence-electron chi connectivity index (χ4n) is 1.33. The van der Waals surface area contributed by atoms with Crippen LogP contribution in [0.15, 0.2) is 24.3 Å². The molecule has 0 aliphatic rings. The first-order valence-electron chi connectivity index (χ1n) is 4.98. The van der Waals surface area contributed by atoms with E-state index in [4.69, 9.17) is 5.11 Å². The Labute approximate surface area is 106 Å². The van der Waals surface area contributed by atoms with Crippen molar-refractivity contribution in [1.82, 2.24) is 4.98 Å². The number of para-hydroxylation sites is 1. The van der Waals surface area contributed by atoms with Crippen LogP contribution in [0.4, 0.5) is 15.2 Å². The van der Waals surface area contributed by atoms with Gasteiger partial charge in [-0.25, -0.2) is 4.39 Å². The van der Waals surface area contributed by atoms with Crippen LogP contribution in [-0.4, -0.2) is 21.2 Å². The predicted octanol–water partition coefficient (Wildman–Crippen LogP) is 2.36. The minimum absolute atomic E-state index is 0.216. The zero-order valence-electron chi connectivity index (χ0n) is 9.05. The monoisotopic (exact) mass is 268 g/mol. The van der Waals surface area contributed by atoms with Crippen molar-refractivity contribution in [2.75, 3.05) is 5.32 Å². The summed E-state index contributed by atoms with van der Waals surface area (Å²) in [6, 6.07) is 6.01. The fraction of sp³-hybridized carbons (Fsp3) is 0.0909. The SMILES string of the molecule is O=C(O)Cc1sc(Nc2ccccc2F)nc1O. The first kappa shape index (κ1) is 12.3. The lowest BCUT2D eigenvalue weighted by atomic mass is 10.3. The molecule has 0 amide bonds. The number of rotatable bonds is 4. The third-order valence-corrected chi connectivity index (χ3v) is 3.06. The van der Waals surface area contributed by atoms with E-state index >= 15 is 0 Å². The Balaban J connectivity index is 2.20. The molecule has 0 unspecified atom stereocenters. The lowest BCUT2D eigenvalue weighted by molar-refractivity contribution is -0.136. The van der Waals surface area contributed by atoms with Gasteiger partial charge in [0, 0.05) is 0 Å². The summed E-state index contributed by atoms with van der Waals surface area (Å²) in [4.78, 5) is 14.5. The molecule has 0 fully saturated rings. The number of hydrogen-bond acceptors (Lipinski definition) is 5. The van der Waals surface area contributed by atoms with Gasteiger partial charge in [0.2, 0.25) is 5.88 Å². The number of benzene rings is 1. The van der Waals surface area contributed by atoms with Gasteiger partial charge < -0.3 is 15.5 Å². The van der Waals surface area contributed by atoms with Gasteiger partial charge in [0.25, 0.3) is 0 Å². The second-order valence-electron chi connectivity index (χ2n) is 3.44. The highest BCUT2D eigenvalue weighted by Gasteiger charge is 2.14. The van der Waals surface area contributed by atoms with E-state index in [1.165, 1.54) is 12.1 Å². The molecule has 1 aromatic carbocycles. The molecule has 18 heavy (non-hydrogen) atoms. The summed E-state index contributed by atoms with van der Waals surface area (Å²) >= 11 is 0.972. The minimum Gasteiger partial charge on any atom is -0.492 e. The van der Waals surface area contributed by atoms with E-state index in [0.717, 1.165) is 11.3 Å². The molecule has 0 aliphatic heterocycles. The normalized spacial score (nSPS) is 10.3. The van der Waals surface area contributed by atoms with Crippen LogP contribution in [0.25, 0.3) is 0 Å². The molecule has 7 heteroatoms. The maximum atomic E-state index is 13.4. The lowest BCUT2D eigenvalue weighted by Gasteiger charge is -2.02. The number of halogens is 1. The Morgan fingerprint density at radius 3 is 2.83 bits per heavy atom. The van der Waals surface area contributed by atoms with Gasteiger partial charge >= 0.3 is 5.97 Å². The summed E-state index contributed by atoms with van der Waals surface area (Å²) in [5.41, 5.74) is 0.216. The van der Waals surface area contributed by atoms with Gasteiger partial charge in [0.1, 0.15) is 5.82 Å². The van der Waals surface area contributed by atoms with Crippen molar-refractivity contribution in [2.45, 2.75) is 6.42 Å². The van der Waals surface area contributed by atoms with E-state index in [1.54, 1.807) is 12.1 Å². The van der Waals surface area contributed by atoms with Crippen molar-refractivity contribution in [3.63, 3.8) is 0 Å². The Kier molecular flexibility index (Phi) is 3.42. The number of carboxylic acid groups (broad SMARTS) is 1. The van der Waals surface area contributed by atoms with Crippen LogP contribution in [0.3, 0.4) is 0 Å². The predicted molar refractivity (Wildman–Crippen MR) is 64.8 cm³/mol. The molecule has 1 aromatic heterocycles. The molecule has 0 radical (unpaired) electrons. The highest BCUT2D eigenvalue weighted by Crippen LogP contribution is 2.31. The molecule has 0 saturated heterocycles. The topological polar surface area (TPSA) is 82.5 Å². The zero-order valence-corrected chi connectivity index (χ0v) is 9.87. The van der Waals surface area contributed by atoms with Crippen LogP contribution in [0.2, 0.25) is 0 Å². The Hall–Kier alpha value is -2.15. The van der Waals surface area contributed by atoms with Gasteiger partial charge in [-0.2, -0.15) is 4.98 Å². The van der Waals surface area contributed by atoms with E-state index in [2.05, 4.69) is 10.3 Å². The molecule has 0 spiro atoms. The van der Waals surface area contributed by atoms with Crippen LogP contribution in [0.1, 0.15) is 4.88 Å². The molecule has 3 N–H and O–H groups in total. The highest BCUT2D eigenvalue weighted by atomic mass is 32.1. The molecule has 0 saturated carbocycles. The van der Waals surface area contributed by atoms with Crippen molar-refractivity contribution < 1.29 is 19.4 Å². The van der Waals surface area contributed by atoms with Crippen LogP contribution in [0, 0.1) is 5.82 Å². The molecule has 0 bridgehead atoms. The summed E-state index contributed by atoms with van der Waals surface area (Å²) in [7, 11) is 0. The number of nitrogens with zero attached hydrogens (tertiary/aromatic N) is 1. The summed E-state index contributed by atoms with van der Waals surface area (Å²) in [6.45, 7) is 0. The van der Waals surface area contributed by atoms with Crippen LogP contribution in [-0.2, 0) is 11.2 Å². The van der Waals surface area contributed by atoms with Crippen LogP contribution >= 0.6 is 11.3 Å². The number of hydrogen-bond donors (Lipinski definition) is 3. The number of anilines is 2. The number of thiazole rings is 1. The number of aliphatic carboxylic acids is 1. The van der Waals surface area contributed by atoms with Crippen molar-refractivity contribution in [2.24, 2.45) is 0 Å². The van der Waals surface area contributed by atoms with E-state index in [-0.39, 0.29) is 28.0 Å². The first-order chi connectivity index (χ1) is 8.56. The van der Waals surface area contributed by atoms with E-state index in [1.807, 2.05) is 0 Å². The second kappa shape index (κ2) is 5.01. The summed E-state index contributed by atoms with van der Waals surface area (Å²) in [6.07, 6.45) is -0.317. The molecular formula is C11H9FN2O3S. The van der Waals surface area contributed by atoms with Gasteiger partial charge in [0.15, 0.2) is 5.13 Å². The number of nitrogens with one attached hydrogen (secondary N) is 1. The van der Waals surface area contributed by atoms with E-state index < -0.39 is 11.8 Å². The number of carboxylic acids is 1. The van der Waals surface area contributed by atoms with Gasteiger partial charge in [-0.15, -0.1) is 0 Å². The standard InChI is InChI=1S/C11H9FN2O3S/c12-6-3-1-2-4-7(6)13-11-14-10(17)8(18-11)5-9(15)16/h1-4,17H,5H2,(H,13,14)(H,15,16). The van der Waals surface area contributed by atoms with Gasteiger partial charge in [-0.1, -0.05) is 23.5 Å². The minimum atomic E-state index is -1.06. The van der Waals surface area contributed by atoms with E-state index in [9.17, 15) is 14.3 Å². The number of aromatic hydroxyl groups is 1. The summed E-state index contributed by atoms with van der Waals surface area (Å²) in [5.74, 6) is -1.86. The molecule has 0 atom stereocenters. The Morgan fingerprint density at radius 2 is 2.17 bits per heavy atom. The smallest absolute Gasteiger partial charge is 0.308 e. The number of aromatic nitrogens is 1. The van der Waals surface area contributed by atoms with Crippen molar-refractivity contribution >= 4 is 28.1 Å². The largest absolute Gasteiger partial charge is 0.492 e. The van der Waals surface area contributed by atoms with Crippen LogP contribution in [0.5, 0.6) is 5.88 Å². The third kappa shape index (κ3) is 2.75. The molecule has 5 nitrogen and oxygen atoms in total. The zero-order chi connectivity index (χ0) is 13.1. The fourth-order valence-corrected chi connectivity index (χ4v) is 2.19. The lowest BCUT2D eigenvalue weighted by Crippen LogP contribution is -1.97. The molecule has 2 rings (SSSR count). The summed E-state index contributed by atoms with van der Waals surface area (Å²) in [5, 5.41) is 21.0.